The van der Waals surface area contributed by atoms with Gasteiger partial charge in [-0.05, 0) is 18.2 Å². The summed E-state index contributed by atoms with van der Waals surface area (Å²) >= 11 is 1.80. The van der Waals surface area contributed by atoms with Crippen LogP contribution in [0.2, 0.25) is 0 Å². The van der Waals surface area contributed by atoms with Crippen molar-refractivity contribution in [3.8, 4) is 0 Å². The molecule has 0 saturated heterocycles. The Morgan fingerprint density at radius 2 is 2.20 bits per heavy atom. The molecule has 1 unspecified atom stereocenters. The Kier molecular flexibility index (Phi) is 4.43. The lowest BCUT2D eigenvalue weighted by Crippen LogP contribution is -2.44. The highest BCUT2D eigenvalue weighted by Gasteiger charge is 2.26. The lowest BCUT2D eigenvalue weighted by molar-refractivity contribution is 0.418. The number of hydrogen-bond donors (Lipinski definition) is 1. The molecule has 20 heavy (non-hydrogen) atoms. The van der Waals surface area contributed by atoms with Crippen LogP contribution in [0, 0.1) is 0 Å². The molecule has 1 aromatic carbocycles. The molecule has 1 N–H and O–H groups in total. The lowest BCUT2D eigenvalue weighted by atomic mass is 10.1. The van der Waals surface area contributed by atoms with Crippen LogP contribution in [0.25, 0.3) is 11.9 Å². The van der Waals surface area contributed by atoms with Crippen LogP contribution >= 0.6 is 11.8 Å². The number of benzene rings is 1. The van der Waals surface area contributed by atoms with Gasteiger partial charge in [-0.3, -0.25) is 4.99 Å². The Balaban J connectivity index is 1.74. The van der Waals surface area contributed by atoms with Gasteiger partial charge in [0.25, 0.3) is 0 Å². The molecule has 0 saturated carbocycles. The standard InChI is InChI=1S/C16H21N3S/c1-2-3-8-17-9-10-19-11-13-6-4-5-7-14(13)15-16(19)20-12-18-15/h4-7,11-12,16-17H,2-3,8-10H2,1H3. The molecule has 0 aliphatic carbocycles. The monoisotopic (exact) mass is 287 g/mol. The molecular formula is C16H21N3S. The molecule has 0 fully saturated rings. The van der Waals surface area contributed by atoms with Gasteiger partial charge in [0, 0.05) is 24.5 Å². The van der Waals surface area contributed by atoms with Crippen molar-refractivity contribution in [2.45, 2.75) is 25.1 Å². The maximum absolute atomic E-state index is 4.58. The van der Waals surface area contributed by atoms with Gasteiger partial charge in [0.05, 0.1) is 11.2 Å². The molecule has 0 spiro atoms. The molecule has 1 aromatic rings. The third-order valence-corrected chi connectivity index (χ3v) is 4.69. The van der Waals surface area contributed by atoms with Crippen LogP contribution in [0.5, 0.6) is 0 Å². The van der Waals surface area contributed by atoms with E-state index in [2.05, 4.69) is 52.6 Å². The topological polar surface area (TPSA) is 27.6 Å². The molecular weight excluding hydrogens is 266 g/mol. The molecule has 3 rings (SSSR count). The predicted molar refractivity (Wildman–Crippen MR) is 87.9 cm³/mol. The fourth-order valence-corrected chi connectivity index (χ4v) is 3.55. The van der Waals surface area contributed by atoms with Gasteiger partial charge in [-0.15, -0.1) is 0 Å². The minimum atomic E-state index is 0.359. The maximum atomic E-state index is 4.58. The van der Waals surface area contributed by atoms with Crippen LogP contribution in [0.15, 0.2) is 29.3 Å². The highest BCUT2D eigenvalue weighted by molar-refractivity contribution is 8.13. The Bertz CT molecular complexity index is 608. The number of nitrogens with zero attached hydrogens (tertiary/aromatic N) is 2. The second-order valence-electron chi connectivity index (χ2n) is 5.17. The number of thioether (sulfide) groups is 1. The Labute approximate surface area is 124 Å². The van der Waals surface area contributed by atoms with Crippen LogP contribution in [-0.4, -0.2) is 35.5 Å². The molecule has 2 aliphatic heterocycles. The van der Waals surface area contributed by atoms with Gasteiger partial charge in [0.1, 0.15) is 5.37 Å². The second kappa shape index (κ2) is 6.46. The van der Waals surface area contributed by atoms with E-state index in [1.165, 1.54) is 29.0 Å². The smallest absolute Gasteiger partial charge is 0.123 e. The van der Waals surface area contributed by atoms with E-state index in [9.17, 15) is 0 Å². The fourth-order valence-electron chi connectivity index (χ4n) is 2.62. The first kappa shape index (κ1) is 13.7. The zero-order chi connectivity index (χ0) is 13.8. The summed E-state index contributed by atoms with van der Waals surface area (Å²) in [4.78, 5) is 6.99. The Morgan fingerprint density at radius 1 is 1.30 bits per heavy atom. The zero-order valence-corrected chi connectivity index (χ0v) is 12.7. The zero-order valence-electron chi connectivity index (χ0n) is 11.9. The van der Waals surface area contributed by atoms with E-state index in [1.807, 2.05) is 5.55 Å². The van der Waals surface area contributed by atoms with E-state index in [4.69, 9.17) is 0 Å². The molecule has 0 bridgehead atoms. The Hall–Kier alpha value is -1.26. The number of aliphatic imine (C=N–C) groups is 1. The van der Waals surface area contributed by atoms with E-state index in [0.717, 1.165) is 19.6 Å². The quantitative estimate of drug-likeness (QED) is 0.800. The van der Waals surface area contributed by atoms with E-state index < -0.39 is 0 Å². The number of fused-ring (bicyclic) bond motifs is 2. The van der Waals surface area contributed by atoms with Crippen molar-refractivity contribution in [3.63, 3.8) is 0 Å². The van der Waals surface area contributed by atoms with Gasteiger partial charge in [-0.2, -0.15) is 0 Å². The first-order valence-electron chi connectivity index (χ1n) is 7.35. The van der Waals surface area contributed by atoms with Crippen LogP contribution in [0.3, 0.4) is 0 Å². The van der Waals surface area contributed by atoms with Gasteiger partial charge in [0.15, 0.2) is 0 Å². The first-order valence-corrected chi connectivity index (χ1v) is 8.30. The summed E-state index contributed by atoms with van der Waals surface area (Å²) in [7, 11) is 0. The van der Waals surface area contributed by atoms with Crippen LogP contribution in [0.4, 0.5) is 0 Å². The van der Waals surface area contributed by atoms with Gasteiger partial charge in [0.2, 0.25) is 0 Å². The van der Waals surface area contributed by atoms with Crippen molar-refractivity contribution < 1.29 is 0 Å². The number of rotatable bonds is 6. The van der Waals surface area contributed by atoms with Gasteiger partial charge >= 0.3 is 0 Å². The average molecular weight is 287 g/mol. The SMILES string of the molecule is CCCCNCCN1C=c2ccccc2=C2N=CSC21. The molecule has 0 radical (unpaired) electrons. The van der Waals surface area contributed by atoms with E-state index >= 15 is 0 Å². The summed E-state index contributed by atoms with van der Waals surface area (Å²) in [5.41, 5.74) is 3.19. The molecule has 4 heteroatoms. The predicted octanol–water partition coefficient (Wildman–Crippen LogP) is 1.34. The fraction of sp³-hybridized carbons (Fsp3) is 0.438. The van der Waals surface area contributed by atoms with Gasteiger partial charge in [-0.25, -0.2) is 0 Å². The minimum absolute atomic E-state index is 0.359. The van der Waals surface area contributed by atoms with Crippen molar-refractivity contribution in [1.82, 2.24) is 10.2 Å². The van der Waals surface area contributed by atoms with E-state index in [0.29, 0.717) is 5.37 Å². The lowest BCUT2D eigenvalue weighted by Gasteiger charge is -2.29. The summed E-state index contributed by atoms with van der Waals surface area (Å²) in [5.74, 6) is 0. The van der Waals surface area contributed by atoms with Crippen LogP contribution < -0.4 is 15.8 Å². The summed E-state index contributed by atoms with van der Waals surface area (Å²) in [6.07, 6.45) is 4.79. The van der Waals surface area contributed by atoms with Crippen molar-refractivity contribution in [2.24, 2.45) is 4.99 Å². The highest BCUT2D eigenvalue weighted by Crippen LogP contribution is 2.29. The molecule has 3 nitrogen and oxygen atoms in total. The summed E-state index contributed by atoms with van der Waals surface area (Å²) in [6.45, 7) is 5.40. The van der Waals surface area contributed by atoms with E-state index in [1.54, 1.807) is 11.8 Å². The number of nitrogens with one attached hydrogen (secondary N) is 1. The van der Waals surface area contributed by atoms with Crippen LogP contribution in [0.1, 0.15) is 19.8 Å². The third-order valence-electron chi connectivity index (χ3n) is 3.71. The van der Waals surface area contributed by atoms with Gasteiger partial charge in [-0.1, -0.05) is 49.4 Å². The second-order valence-corrected chi connectivity index (χ2v) is 6.10. The molecule has 0 amide bonds. The first-order chi connectivity index (χ1) is 9.90. The van der Waals surface area contributed by atoms with Gasteiger partial charge < -0.3 is 10.2 Å². The summed E-state index contributed by atoms with van der Waals surface area (Å²) < 4.78 is 0. The van der Waals surface area contributed by atoms with Crippen molar-refractivity contribution in [1.29, 1.82) is 0 Å². The third kappa shape index (κ3) is 2.76. The van der Waals surface area contributed by atoms with Crippen molar-refractivity contribution in [2.75, 3.05) is 19.6 Å². The van der Waals surface area contributed by atoms with Crippen molar-refractivity contribution >= 4 is 29.2 Å². The summed E-state index contributed by atoms with van der Waals surface area (Å²) in [6, 6.07) is 8.54. The molecule has 0 aromatic heterocycles. The minimum Gasteiger partial charge on any atom is -0.358 e. The normalized spacial score (nSPS) is 19.8. The molecule has 1 atom stereocenters. The van der Waals surface area contributed by atoms with E-state index in [-0.39, 0.29) is 0 Å². The average Bonchev–Trinajstić information content (AvgIpc) is 2.97. The van der Waals surface area contributed by atoms with Crippen LogP contribution in [-0.2, 0) is 0 Å². The summed E-state index contributed by atoms with van der Waals surface area (Å²) in [5, 5.41) is 6.45. The Morgan fingerprint density at radius 3 is 3.10 bits per heavy atom. The molecule has 2 heterocycles. The molecule has 2 aliphatic rings. The molecule has 106 valence electrons. The largest absolute Gasteiger partial charge is 0.358 e. The maximum Gasteiger partial charge on any atom is 0.123 e. The van der Waals surface area contributed by atoms with Crippen molar-refractivity contribution in [3.05, 3.63) is 34.7 Å². The number of unbranched alkanes of at least 4 members (excludes halogenated alkanes) is 1. The number of hydrogen-bond acceptors (Lipinski definition) is 4. The highest BCUT2D eigenvalue weighted by atomic mass is 32.2.